The van der Waals surface area contributed by atoms with Crippen molar-refractivity contribution >= 4 is 0 Å². The number of hydrogen-bond donors (Lipinski definition) is 1. The van der Waals surface area contributed by atoms with Gasteiger partial charge in [-0.3, -0.25) is 0 Å². The molecule has 0 amide bonds. The van der Waals surface area contributed by atoms with Crippen LogP contribution in [-0.4, -0.2) is 7.11 Å². The van der Waals surface area contributed by atoms with Gasteiger partial charge >= 0.3 is 0 Å². The molecule has 0 aliphatic rings. The van der Waals surface area contributed by atoms with Gasteiger partial charge in [-0.15, -0.1) is 0 Å². The molecule has 0 aliphatic carbocycles. The summed E-state index contributed by atoms with van der Waals surface area (Å²) in [7, 11) is 1.71. The van der Waals surface area contributed by atoms with Gasteiger partial charge in [-0.25, -0.2) is 0 Å². The minimum Gasteiger partial charge on any atom is -0.496 e. The Morgan fingerprint density at radius 1 is 0.762 bits per heavy atom. The Morgan fingerprint density at radius 2 is 1.19 bits per heavy atom. The van der Waals surface area contributed by atoms with Crippen molar-refractivity contribution in [3.05, 3.63) is 63.2 Å². The number of nitrogens with two attached hydrogens (primary N) is 1. The maximum Gasteiger partial charge on any atom is 0.124 e. The second-order valence-electron chi connectivity index (χ2n) is 5.99. The molecule has 2 aromatic rings. The Bertz CT molecular complexity index is 651. The van der Waals surface area contributed by atoms with Gasteiger partial charge in [0.1, 0.15) is 5.75 Å². The highest BCUT2D eigenvalue weighted by Crippen LogP contribution is 2.35. The van der Waals surface area contributed by atoms with Crippen LogP contribution in [0.25, 0.3) is 0 Å². The van der Waals surface area contributed by atoms with E-state index in [-0.39, 0.29) is 6.04 Å². The van der Waals surface area contributed by atoms with Crippen LogP contribution in [-0.2, 0) is 0 Å². The van der Waals surface area contributed by atoms with Crippen molar-refractivity contribution in [3.63, 3.8) is 0 Å². The second kappa shape index (κ2) is 5.90. The molecule has 0 radical (unpaired) electrons. The third kappa shape index (κ3) is 2.96. The van der Waals surface area contributed by atoms with Crippen LogP contribution >= 0.6 is 0 Å². The van der Waals surface area contributed by atoms with Crippen molar-refractivity contribution < 1.29 is 4.74 Å². The Morgan fingerprint density at radius 3 is 1.67 bits per heavy atom. The summed E-state index contributed by atoms with van der Waals surface area (Å²) in [5, 5.41) is 0. The van der Waals surface area contributed by atoms with Gasteiger partial charge in [0.2, 0.25) is 0 Å². The minimum absolute atomic E-state index is 0.166. The predicted molar refractivity (Wildman–Crippen MR) is 89.2 cm³/mol. The minimum atomic E-state index is -0.166. The first-order valence-corrected chi connectivity index (χ1v) is 7.33. The number of benzene rings is 2. The van der Waals surface area contributed by atoms with Gasteiger partial charge in [-0.2, -0.15) is 0 Å². The first kappa shape index (κ1) is 15.6. The van der Waals surface area contributed by atoms with Gasteiger partial charge in [0.25, 0.3) is 0 Å². The zero-order chi connectivity index (χ0) is 15.7. The van der Waals surface area contributed by atoms with E-state index in [0.717, 1.165) is 11.3 Å². The van der Waals surface area contributed by atoms with Crippen molar-refractivity contribution in [1.82, 2.24) is 0 Å². The van der Waals surface area contributed by atoms with E-state index in [1.54, 1.807) is 7.11 Å². The standard InChI is InChI=1S/C19H25NO/c1-11-7-13(3)17(14(4)8-11)19(20)18-15(5)9-12(2)10-16(18)21-6/h7-10,19H,20H2,1-6H3. The van der Waals surface area contributed by atoms with E-state index in [1.807, 2.05) is 0 Å². The smallest absolute Gasteiger partial charge is 0.124 e. The zero-order valence-corrected chi connectivity index (χ0v) is 13.9. The lowest BCUT2D eigenvalue weighted by Crippen LogP contribution is -2.17. The SMILES string of the molecule is COc1cc(C)cc(C)c1C(N)c1c(C)cc(C)cc1C. The largest absolute Gasteiger partial charge is 0.496 e. The van der Waals surface area contributed by atoms with Crippen LogP contribution in [0.4, 0.5) is 0 Å². The summed E-state index contributed by atoms with van der Waals surface area (Å²) >= 11 is 0. The molecule has 0 aromatic heterocycles. The predicted octanol–water partition coefficient (Wildman–Crippen LogP) is 4.29. The van der Waals surface area contributed by atoms with Crippen molar-refractivity contribution in [2.24, 2.45) is 5.73 Å². The molecule has 0 saturated carbocycles. The number of methoxy groups -OCH3 is 1. The Labute approximate surface area is 127 Å². The Hall–Kier alpha value is -1.80. The van der Waals surface area contributed by atoms with Gasteiger partial charge in [0.05, 0.1) is 13.2 Å². The molecule has 0 heterocycles. The second-order valence-corrected chi connectivity index (χ2v) is 5.99. The van der Waals surface area contributed by atoms with E-state index >= 15 is 0 Å². The Kier molecular flexibility index (Phi) is 4.38. The lowest BCUT2D eigenvalue weighted by molar-refractivity contribution is 0.407. The molecule has 0 spiro atoms. The lowest BCUT2D eigenvalue weighted by Gasteiger charge is -2.23. The topological polar surface area (TPSA) is 35.2 Å². The molecule has 2 nitrogen and oxygen atoms in total. The number of ether oxygens (including phenoxy) is 1. The molecule has 1 atom stereocenters. The molecule has 0 aliphatic heterocycles. The molecule has 1 unspecified atom stereocenters. The molecule has 0 saturated heterocycles. The van der Waals surface area contributed by atoms with Crippen LogP contribution in [0.2, 0.25) is 0 Å². The maximum absolute atomic E-state index is 6.62. The summed E-state index contributed by atoms with van der Waals surface area (Å²) in [6, 6.07) is 8.44. The monoisotopic (exact) mass is 283 g/mol. The highest BCUT2D eigenvalue weighted by atomic mass is 16.5. The van der Waals surface area contributed by atoms with Gasteiger partial charge in [0.15, 0.2) is 0 Å². The molecular weight excluding hydrogens is 258 g/mol. The van der Waals surface area contributed by atoms with E-state index in [2.05, 4.69) is 58.9 Å². The fourth-order valence-electron chi connectivity index (χ4n) is 3.33. The first-order valence-electron chi connectivity index (χ1n) is 7.33. The fourth-order valence-corrected chi connectivity index (χ4v) is 3.33. The van der Waals surface area contributed by atoms with Crippen LogP contribution in [0, 0.1) is 34.6 Å². The number of hydrogen-bond acceptors (Lipinski definition) is 2. The lowest BCUT2D eigenvalue weighted by atomic mass is 9.87. The van der Waals surface area contributed by atoms with E-state index in [0.29, 0.717) is 0 Å². The van der Waals surface area contributed by atoms with E-state index in [9.17, 15) is 0 Å². The van der Waals surface area contributed by atoms with Crippen molar-refractivity contribution in [2.75, 3.05) is 7.11 Å². The van der Waals surface area contributed by atoms with Gasteiger partial charge in [0, 0.05) is 5.56 Å². The van der Waals surface area contributed by atoms with Crippen LogP contribution in [0.5, 0.6) is 5.75 Å². The number of rotatable bonds is 3. The molecule has 21 heavy (non-hydrogen) atoms. The summed E-state index contributed by atoms with van der Waals surface area (Å²) in [6.45, 7) is 10.6. The van der Waals surface area contributed by atoms with Crippen molar-refractivity contribution in [3.8, 4) is 5.75 Å². The molecule has 0 bridgehead atoms. The molecule has 0 fully saturated rings. The Balaban J connectivity index is 2.63. The normalized spacial score (nSPS) is 12.3. The molecule has 2 aromatic carbocycles. The summed E-state index contributed by atoms with van der Waals surface area (Å²) in [6.07, 6.45) is 0. The third-order valence-corrected chi connectivity index (χ3v) is 4.07. The van der Waals surface area contributed by atoms with Crippen LogP contribution in [0.3, 0.4) is 0 Å². The maximum atomic E-state index is 6.62. The average Bonchev–Trinajstić information content (AvgIpc) is 2.35. The van der Waals surface area contributed by atoms with E-state index < -0.39 is 0 Å². The molecule has 2 rings (SSSR count). The van der Waals surface area contributed by atoms with Crippen molar-refractivity contribution in [1.29, 1.82) is 0 Å². The van der Waals surface area contributed by atoms with Crippen molar-refractivity contribution in [2.45, 2.75) is 40.7 Å². The molecule has 2 heteroatoms. The van der Waals surface area contributed by atoms with Gasteiger partial charge in [-0.1, -0.05) is 23.8 Å². The molecular formula is C19H25NO. The highest BCUT2D eigenvalue weighted by Gasteiger charge is 2.20. The zero-order valence-electron chi connectivity index (χ0n) is 13.9. The van der Waals surface area contributed by atoms with Crippen LogP contribution < -0.4 is 10.5 Å². The summed E-state index contributed by atoms with van der Waals surface area (Å²) in [5.74, 6) is 0.874. The highest BCUT2D eigenvalue weighted by molar-refractivity contribution is 5.52. The summed E-state index contributed by atoms with van der Waals surface area (Å²) < 4.78 is 5.57. The molecule has 112 valence electrons. The average molecular weight is 283 g/mol. The third-order valence-electron chi connectivity index (χ3n) is 4.07. The molecule has 2 N–H and O–H groups in total. The first-order chi connectivity index (χ1) is 9.85. The van der Waals surface area contributed by atoms with Gasteiger partial charge < -0.3 is 10.5 Å². The van der Waals surface area contributed by atoms with Crippen LogP contribution in [0.1, 0.15) is 45.0 Å². The van der Waals surface area contributed by atoms with E-state index in [1.165, 1.54) is 33.4 Å². The fraction of sp³-hybridized carbons (Fsp3) is 0.368. The van der Waals surface area contributed by atoms with E-state index in [4.69, 9.17) is 10.5 Å². The number of aryl methyl sites for hydroxylation is 5. The summed E-state index contributed by atoms with van der Waals surface area (Å²) in [4.78, 5) is 0. The quantitative estimate of drug-likeness (QED) is 0.912. The van der Waals surface area contributed by atoms with Gasteiger partial charge in [-0.05, 0) is 68.5 Å². The van der Waals surface area contributed by atoms with Crippen LogP contribution in [0.15, 0.2) is 24.3 Å². The summed E-state index contributed by atoms with van der Waals surface area (Å²) in [5.41, 5.74) is 15.0.